The normalized spacial score (nSPS) is 11.3. The number of furan rings is 1. The zero-order valence-corrected chi connectivity index (χ0v) is 17.2. The zero-order chi connectivity index (χ0) is 21.9. The monoisotopic (exact) mass is 422 g/mol. The van der Waals surface area contributed by atoms with E-state index in [0.717, 1.165) is 27.9 Å². The van der Waals surface area contributed by atoms with Crippen molar-refractivity contribution >= 4 is 29.0 Å². The molecule has 6 nitrogen and oxygen atoms in total. The third-order valence-corrected chi connectivity index (χ3v) is 4.95. The van der Waals surface area contributed by atoms with Crippen molar-refractivity contribution < 1.29 is 18.4 Å². The molecule has 0 spiro atoms. The van der Waals surface area contributed by atoms with Crippen molar-refractivity contribution in [2.75, 3.05) is 7.11 Å². The number of ether oxygens (including phenoxy) is 1. The molecule has 0 unspecified atom stereocenters. The molecule has 2 heterocycles. The molecule has 0 radical (unpaired) electrons. The number of nitrogens with zero attached hydrogens (tertiary/aromatic N) is 2. The number of carbonyl (C=O) groups is 1. The van der Waals surface area contributed by atoms with Crippen LogP contribution in [0.1, 0.15) is 16.1 Å². The van der Waals surface area contributed by atoms with Crippen LogP contribution in [0, 0.1) is 0 Å². The summed E-state index contributed by atoms with van der Waals surface area (Å²) >= 11 is 0. The molecule has 0 amide bonds. The largest absolute Gasteiger partial charge is 0.465 e. The van der Waals surface area contributed by atoms with E-state index in [4.69, 9.17) is 13.6 Å². The Labute approximate surface area is 183 Å². The van der Waals surface area contributed by atoms with Gasteiger partial charge >= 0.3 is 5.97 Å². The zero-order valence-electron chi connectivity index (χ0n) is 17.2. The molecule has 5 aromatic rings. The minimum Gasteiger partial charge on any atom is -0.465 e. The number of benzene rings is 3. The van der Waals surface area contributed by atoms with Crippen molar-refractivity contribution in [2.45, 2.75) is 0 Å². The van der Waals surface area contributed by atoms with Crippen LogP contribution < -0.4 is 0 Å². The maximum Gasteiger partial charge on any atom is 0.337 e. The molecule has 0 saturated carbocycles. The summed E-state index contributed by atoms with van der Waals surface area (Å²) in [4.78, 5) is 20.6. The summed E-state index contributed by atoms with van der Waals surface area (Å²) in [6.45, 7) is 0. The van der Waals surface area contributed by atoms with Gasteiger partial charge < -0.3 is 13.6 Å². The molecule has 3 aromatic carbocycles. The van der Waals surface area contributed by atoms with E-state index in [-0.39, 0.29) is 5.97 Å². The van der Waals surface area contributed by atoms with Gasteiger partial charge in [0.2, 0.25) is 5.89 Å². The summed E-state index contributed by atoms with van der Waals surface area (Å²) < 4.78 is 16.4. The fourth-order valence-corrected chi connectivity index (χ4v) is 3.32. The Hall–Kier alpha value is -4.45. The van der Waals surface area contributed by atoms with Crippen LogP contribution in [0.2, 0.25) is 0 Å². The lowest BCUT2D eigenvalue weighted by atomic mass is 10.1. The molecule has 0 bridgehead atoms. The summed E-state index contributed by atoms with van der Waals surface area (Å²) in [6.07, 6.45) is 1.66. The molecular formula is C26H18N2O4. The molecule has 0 saturated heterocycles. The van der Waals surface area contributed by atoms with Crippen molar-refractivity contribution in [3.05, 3.63) is 96.3 Å². The van der Waals surface area contributed by atoms with Crippen LogP contribution >= 0.6 is 0 Å². The molecule has 0 atom stereocenters. The van der Waals surface area contributed by atoms with Crippen molar-refractivity contribution in [3.8, 4) is 22.8 Å². The van der Waals surface area contributed by atoms with Gasteiger partial charge in [-0.1, -0.05) is 30.3 Å². The number of aromatic nitrogens is 1. The Balaban J connectivity index is 1.34. The average molecular weight is 422 g/mol. The minimum absolute atomic E-state index is 0.371. The van der Waals surface area contributed by atoms with Crippen molar-refractivity contribution in [3.63, 3.8) is 0 Å². The molecule has 0 aliphatic rings. The number of methoxy groups -OCH3 is 1. The number of para-hydroxylation sites is 2. The molecule has 0 fully saturated rings. The van der Waals surface area contributed by atoms with Gasteiger partial charge in [-0.15, -0.1) is 0 Å². The lowest BCUT2D eigenvalue weighted by Crippen LogP contribution is -2.00. The predicted octanol–water partition coefficient (Wildman–Crippen LogP) is 6.29. The number of fused-ring (bicyclic) bond motifs is 1. The third-order valence-electron chi connectivity index (χ3n) is 4.95. The molecule has 6 heteroatoms. The highest BCUT2D eigenvalue weighted by Crippen LogP contribution is 2.27. The Bertz CT molecular complexity index is 1390. The predicted molar refractivity (Wildman–Crippen MR) is 122 cm³/mol. The number of aliphatic imine (C=N–C) groups is 1. The van der Waals surface area contributed by atoms with Crippen LogP contribution in [-0.2, 0) is 4.74 Å². The summed E-state index contributed by atoms with van der Waals surface area (Å²) in [5, 5.41) is 0. The number of hydrogen-bond acceptors (Lipinski definition) is 6. The molecule has 156 valence electrons. The van der Waals surface area contributed by atoms with E-state index in [9.17, 15) is 4.79 Å². The number of esters is 1. The number of carbonyl (C=O) groups excluding carboxylic acids is 1. The Morgan fingerprint density at radius 2 is 1.75 bits per heavy atom. The lowest BCUT2D eigenvalue weighted by Gasteiger charge is -2.00. The van der Waals surface area contributed by atoms with Crippen molar-refractivity contribution in [1.82, 2.24) is 4.98 Å². The van der Waals surface area contributed by atoms with E-state index in [1.165, 1.54) is 7.11 Å². The van der Waals surface area contributed by atoms with Crippen LogP contribution in [0.3, 0.4) is 0 Å². The SMILES string of the molecule is COC(=O)c1ccc(-c2ccc(C=Nc3cccc(-c4nc5ccccc5o4)c3)o2)cc1. The highest BCUT2D eigenvalue weighted by Gasteiger charge is 2.09. The van der Waals surface area contributed by atoms with Crippen LogP contribution in [-0.4, -0.2) is 24.3 Å². The van der Waals surface area contributed by atoms with E-state index in [1.807, 2.05) is 72.8 Å². The van der Waals surface area contributed by atoms with Crippen LogP contribution in [0.4, 0.5) is 5.69 Å². The van der Waals surface area contributed by atoms with Crippen molar-refractivity contribution in [1.29, 1.82) is 0 Å². The minimum atomic E-state index is -0.371. The third kappa shape index (κ3) is 3.94. The second-order valence-electron chi connectivity index (χ2n) is 7.07. The van der Waals surface area contributed by atoms with Gasteiger partial charge in [-0.05, 0) is 54.6 Å². The smallest absolute Gasteiger partial charge is 0.337 e. The molecule has 0 aliphatic carbocycles. The molecule has 0 aliphatic heterocycles. The maximum absolute atomic E-state index is 11.6. The summed E-state index contributed by atoms with van der Waals surface area (Å²) in [5.41, 5.74) is 4.52. The number of rotatable bonds is 5. The first-order valence-corrected chi connectivity index (χ1v) is 9.98. The van der Waals surface area contributed by atoms with Gasteiger partial charge in [-0.2, -0.15) is 0 Å². The summed E-state index contributed by atoms with van der Waals surface area (Å²) in [6, 6.07) is 26.1. The summed E-state index contributed by atoms with van der Waals surface area (Å²) in [5.74, 6) is 1.48. The van der Waals surface area contributed by atoms with Gasteiger partial charge in [0, 0.05) is 11.1 Å². The van der Waals surface area contributed by atoms with Gasteiger partial charge in [0.05, 0.1) is 24.6 Å². The first-order valence-electron chi connectivity index (χ1n) is 9.98. The number of hydrogen-bond donors (Lipinski definition) is 0. The fraction of sp³-hybridized carbons (Fsp3) is 0.0385. The van der Waals surface area contributed by atoms with E-state index < -0.39 is 0 Å². The highest BCUT2D eigenvalue weighted by molar-refractivity contribution is 5.90. The van der Waals surface area contributed by atoms with Gasteiger partial charge in [0.25, 0.3) is 0 Å². The highest BCUT2D eigenvalue weighted by atomic mass is 16.5. The summed E-state index contributed by atoms with van der Waals surface area (Å²) in [7, 11) is 1.36. The first-order chi connectivity index (χ1) is 15.7. The average Bonchev–Trinajstić information content (AvgIpc) is 3.50. The molecule has 0 N–H and O–H groups in total. The fourth-order valence-electron chi connectivity index (χ4n) is 3.32. The molecule has 5 rings (SSSR count). The Morgan fingerprint density at radius 1 is 0.906 bits per heavy atom. The molecule has 2 aromatic heterocycles. The number of oxazole rings is 1. The maximum atomic E-state index is 11.6. The van der Waals surface area contributed by atoms with Gasteiger partial charge in [-0.25, -0.2) is 9.78 Å². The molecular weight excluding hydrogens is 404 g/mol. The lowest BCUT2D eigenvalue weighted by molar-refractivity contribution is 0.0600. The van der Waals surface area contributed by atoms with Gasteiger partial charge in [0.1, 0.15) is 17.0 Å². The van der Waals surface area contributed by atoms with E-state index in [2.05, 4.69) is 9.98 Å². The van der Waals surface area contributed by atoms with E-state index in [0.29, 0.717) is 23.0 Å². The van der Waals surface area contributed by atoms with Crippen LogP contribution in [0.15, 0.2) is 98.8 Å². The molecule has 32 heavy (non-hydrogen) atoms. The first kappa shape index (κ1) is 19.5. The van der Waals surface area contributed by atoms with Gasteiger partial charge in [-0.3, -0.25) is 4.99 Å². The Morgan fingerprint density at radius 3 is 2.56 bits per heavy atom. The van der Waals surface area contributed by atoms with E-state index >= 15 is 0 Å². The van der Waals surface area contributed by atoms with Gasteiger partial charge in [0.15, 0.2) is 5.58 Å². The quantitative estimate of drug-likeness (QED) is 0.246. The Kier molecular flexibility index (Phi) is 5.09. The second-order valence-corrected chi connectivity index (χ2v) is 7.07. The van der Waals surface area contributed by atoms with Crippen LogP contribution in [0.5, 0.6) is 0 Å². The topological polar surface area (TPSA) is 77.8 Å². The van der Waals surface area contributed by atoms with Crippen molar-refractivity contribution in [2.24, 2.45) is 4.99 Å². The van der Waals surface area contributed by atoms with E-state index in [1.54, 1.807) is 18.3 Å². The standard InChI is InChI=1S/C26H18N2O4/c1-30-26(29)18-11-9-17(10-12-18)23-14-13-21(31-23)16-27-20-6-4-5-19(15-20)25-28-22-7-2-3-8-24(22)32-25/h2-16H,1H3. The van der Waals surface area contributed by atoms with Crippen LogP contribution in [0.25, 0.3) is 33.9 Å². The second kappa shape index (κ2) is 8.35.